The minimum atomic E-state index is -1.42. The standard InChI is InChI=1S/C15H26O7/c1-8-2-3-9(10(8)6-16)4-5-21-15-14(20)13(19)12(18)11(7-17)22-15/h9,11-20H,2-7H2,1H3/t9-,11-,12-,13+,14-,15-/m1/s1. The molecule has 1 saturated heterocycles. The Morgan fingerprint density at radius 3 is 2.50 bits per heavy atom. The molecule has 0 amide bonds. The lowest BCUT2D eigenvalue weighted by Crippen LogP contribution is -2.59. The van der Waals surface area contributed by atoms with Crippen molar-refractivity contribution in [2.75, 3.05) is 19.8 Å². The van der Waals surface area contributed by atoms with E-state index in [4.69, 9.17) is 14.6 Å². The lowest BCUT2D eigenvalue weighted by atomic mass is 9.97. The van der Waals surface area contributed by atoms with Crippen molar-refractivity contribution in [3.8, 4) is 0 Å². The summed E-state index contributed by atoms with van der Waals surface area (Å²) in [5.74, 6) is 0.259. The van der Waals surface area contributed by atoms with Crippen LogP contribution in [0.2, 0.25) is 0 Å². The predicted molar refractivity (Wildman–Crippen MR) is 76.8 cm³/mol. The highest BCUT2D eigenvalue weighted by molar-refractivity contribution is 5.21. The van der Waals surface area contributed by atoms with Gasteiger partial charge < -0.3 is 35.0 Å². The van der Waals surface area contributed by atoms with Gasteiger partial charge in [0.2, 0.25) is 0 Å². The summed E-state index contributed by atoms with van der Waals surface area (Å²) in [7, 11) is 0. The molecule has 1 fully saturated rings. The van der Waals surface area contributed by atoms with Gasteiger partial charge in [-0.15, -0.1) is 0 Å². The van der Waals surface area contributed by atoms with E-state index in [1.165, 1.54) is 5.57 Å². The lowest BCUT2D eigenvalue weighted by Gasteiger charge is -2.39. The quantitative estimate of drug-likeness (QED) is 0.395. The first-order valence-electron chi connectivity index (χ1n) is 7.71. The zero-order valence-electron chi connectivity index (χ0n) is 12.8. The summed E-state index contributed by atoms with van der Waals surface area (Å²) in [6.45, 7) is 1.90. The molecule has 6 atom stereocenters. The molecule has 1 heterocycles. The number of hydrogen-bond donors (Lipinski definition) is 5. The predicted octanol–water partition coefficient (Wildman–Crippen LogP) is -1.09. The fourth-order valence-corrected chi connectivity index (χ4v) is 3.19. The van der Waals surface area contributed by atoms with Crippen molar-refractivity contribution in [3.63, 3.8) is 0 Å². The van der Waals surface area contributed by atoms with Gasteiger partial charge in [-0.25, -0.2) is 0 Å². The Bertz CT molecular complexity index is 395. The molecule has 2 aliphatic rings. The second-order valence-electron chi connectivity index (χ2n) is 6.06. The van der Waals surface area contributed by atoms with Crippen LogP contribution in [0.5, 0.6) is 0 Å². The van der Waals surface area contributed by atoms with Gasteiger partial charge in [-0.2, -0.15) is 0 Å². The van der Waals surface area contributed by atoms with E-state index < -0.39 is 37.3 Å². The third kappa shape index (κ3) is 3.68. The Morgan fingerprint density at radius 2 is 1.86 bits per heavy atom. The average Bonchev–Trinajstić information content (AvgIpc) is 2.87. The topological polar surface area (TPSA) is 120 Å². The highest BCUT2D eigenvalue weighted by atomic mass is 16.7. The SMILES string of the molecule is CC1=C(CO)[C@@H](CCO[C@@H]2O[C@H](CO)[C@@H](O)[C@H](O)[C@H]2O)CC1. The summed E-state index contributed by atoms with van der Waals surface area (Å²) in [5, 5.41) is 47.7. The molecule has 0 radical (unpaired) electrons. The van der Waals surface area contributed by atoms with Crippen LogP contribution in [0.15, 0.2) is 11.1 Å². The van der Waals surface area contributed by atoms with Crippen molar-refractivity contribution in [3.05, 3.63) is 11.1 Å². The van der Waals surface area contributed by atoms with E-state index in [2.05, 4.69) is 0 Å². The molecule has 128 valence electrons. The first kappa shape index (κ1) is 17.8. The van der Waals surface area contributed by atoms with Crippen LogP contribution in [0.1, 0.15) is 26.2 Å². The second kappa shape index (κ2) is 7.83. The third-order valence-electron chi connectivity index (χ3n) is 4.68. The largest absolute Gasteiger partial charge is 0.394 e. The molecule has 5 N–H and O–H groups in total. The molecule has 1 aliphatic heterocycles. The van der Waals surface area contributed by atoms with E-state index in [1.807, 2.05) is 6.92 Å². The highest BCUT2D eigenvalue weighted by Crippen LogP contribution is 2.34. The monoisotopic (exact) mass is 318 g/mol. The van der Waals surface area contributed by atoms with Crippen LogP contribution in [0.25, 0.3) is 0 Å². The summed E-state index contributed by atoms with van der Waals surface area (Å²) in [6, 6.07) is 0. The van der Waals surface area contributed by atoms with Crippen molar-refractivity contribution in [2.24, 2.45) is 5.92 Å². The van der Waals surface area contributed by atoms with Crippen LogP contribution in [-0.4, -0.2) is 76.1 Å². The molecule has 7 heteroatoms. The fraction of sp³-hybridized carbons (Fsp3) is 0.867. The summed E-state index contributed by atoms with van der Waals surface area (Å²) < 4.78 is 10.8. The zero-order chi connectivity index (χ0) is 16.3. The van der Waals surface area contributed by atoms with Crippen molar-refractivity contribution in [2.45, 2.75) is 56.9 Å². The maximum atomic E-state index is 9.86. The Hall–Kier alpha value is -0.540. The first-order valence-corrected chi connectivity index (χ1v) is 7.71. The number of ether oxygens (including phenoxy) is 2. The Labute approximate surface area is 129 Å². The van der Waals surface area contributed by atoms with Gasteiger partial charge in [-0.1, -0.05) is 5.57 Å². The van der Waals surface area contributed by atoms with Gasteiger partial charge in [0.05, 0.1) is 19.8 Å². The maximum absolute atomic E-state index is 9.86. The van der Waals surface area contributed by atoms with E-state index in [0.29, 0.717) is 13.0 Å². The van der Waals surface area contributed by atoms with Gasteiger partial charge in [-0.3, -0.25) is 0 Å². The lowest BCUT2D eigenvalue weighted by molar-refractivity contribution is -0.301. The molecule has 0 aromatic rings. The van der Waals surface area contributed by atoms with Crippen LogP contribution in [0.4, 0.5) is 0 Å². The highest BCUT2D eigenvalue weighted by Gasteiger charge is 2.44. The van der Waals surface area contributed by atoms with Crippen LogP contribution in [0, 0.1) is 5.92 Å². The number of aliphatic hydroxyl groups is 5. The first-order chi connectivity index (χ1) is 10.5. The number of allylic oxidation sites excluding steroid dienone is 1. The van der Waals surface area contributed by atoms with Gasteiger partial charge in [0.25, 0.3) is 0 Å². The average molecular weight is 318 g/mol. The van der Waals surface area contributed by atoms with E-state index in [0.717, 1.165) is 18.4 Å². The van der Waals surface area contributed by atoms with Crippen LogP contribution < -0.4 is 0 Å². The van der Waals surface area contributed by atoms with Crippen molar-refractivity contribution < 1.29 is 35.0 Å². The van der Waals surface area contributed by atoms with Gasteiger partial charge in [0, 0.05) is 0 Å². The van der Waals surface area contributed by atoms with Crippen molar-refractivity contribution >= 4 is 0 Å². The molecule has 0 saturated carbocycles. The summed E-state index contributed by atoms with van der Waals surface area (Å²) in [5.41, 5.74) is 2.28. The number of rotatable bonds is 6. The summed E-state index contributed by atoms with van der Waals surface area (Å²) in [4.78, 5) is 0. The molecule has 7 nitrogen and oxygen atoms in total. The summed E-state index contributed by atoms with van der Waals surface area (Å²) >= 11 is 0. The normalized spacial score (nSPS) is 39.5. The molecule has 0 aromatic heterocycles. The molecule has 0 unspecified atom stereocenters. The molecule has 0 aromatic carbocycles. The molecule has 1 aliphatic carbocycles. The zero-order valence-corrected chi connectivity index (χ0v) is 12.8. The number of hydrogen-bond acceptors (Lipinski definition) is 7. The van der Waals surface area contributed by atoms with Crippen LogP contribution in [-0.2, 0) is 9.47 Å². The Morgan fingerprint density at radius 1 is 1.14 bits per heavy atom. The smallest absolute Gasteiger partial charge is 0.186 e. The van der Waals surface area contributed by atoms with Crippen molar-refractivity contribution in [1.82, 2.24) is 0 Å². The minimum Gasteiger partial charge on any atom is -0.394 e. The van der Waals surface area contributed by atoms with E-state index >= 15 is 0 Å². The maximum Gasteiger partial charge on any atom is 0.186 e. The summed E-state index contributed by atoms with van der Waals surface area (Å²) in [6.07, 6.45) is -3.57. The Kier molecular flexibility index (Phi) is 6.34. The fourth-order valence-electron chi connectivity index (χ4n) is 3.19. The van der Waals surface area contributed by atoms with Gasteiger partial charge in [0.1, 0.15) is 24.4 Å². The van der Waals surface area contributed by atoms with Gasteiger partial charge >= 0.3 is 0 Å². The molecule has 2 rings (SSSR count). The number of aliphatic hydroxyl groups excluding tert-OH is 5. The Balaban J connectivity index is 1.84. The molecule has 0 bridgehead atoms. The third-order valence-corrected chi connectivity index (χ3v) is 4.68. The van der Waals surface area contributed by atoms with Crippen LogP contribution >= 0.6 is 0 Å². The van der Waals surface area contributed by atoms with Crippen molar-refractivity contribution in [1.29, 1.82) is 0 Å². The van der Waals surface area contributed by atoms with Gasteiger partial charge in [0.15, 0.2) is 6.29 Å². The van der Waals surface area contributed by atoms with E-state index in [1.54, 1.807) is 0 Å². The minimum absolute atomic E-state index is 0.0521. The van der Waals surface area contributed by atoms with Gasteiger partial charge in [-0.05, 0) is 37.7 Å². The molecule has 22 heavy (non-hydrogen) atoms. The van der Waals surface area contributed by atoms with E-state index in [-0.39, 0.29) is 12.5 Å². The molecular weight excluding hydrogens is 292 g/mol. The molecular formula is C15H26O7. The second-order valence-corrected chi connectivity index (χ2v) is 6.06. The van der Waals surface area contributed by atoms with Crippen LogP contribution in [0.3, 0.4) is 0 Å². The van der Waals surface area contributed by atoms with E-state index in [9.17, 15) is 20.4 Å². The molecule has 0 spiro atoms.